The van der Waals surface area contributed by atoms with Crippen LogP contribution in [0.3, 0.4) is 0 Å². The predicted molar refractivity (Wildman–Crippen MR) is 559 cm³/mol. The van der Waals surface area contributed by atoms with Crippen LogP contribution < -0.4 is 0 Å². The average Bonchev–Trinajstić information content (AvgIpc) is 1.56. The van der Waals surface area contributed by atoms with Crippen molar-refractivity contribution in [2.75, 3.05) is 0 Å². The summed E-state index contributed by atoms with van der Waals surface area (Å²) in [5, 5.41) is 22.3. The van der Waals surface area contributed by atoms with E-state index < -0.39 is 0 Å². The fourth-order valence-corrected chi connectivity index (χ4v) is 21.7. The van der Waals surface area contributed by atoms with E-state index in [0.29, 0.717) is 0 Å². The van der Waals surface area contributed by atoms with Crippen LogP contribution in [0.2, 0.25) is 0 Å². The zero-order valence-corrected chi connectivity index (χ0v) is 71.9. The largest absolute Gasteiger partial charge is 0.309 e. The minimum atomic E-state index is 1.13. The molecule has 132 heavy (non-hydrogen) atoms. The molecule has 6 aromatic heterocycles. The molecule has 28 aromatic rings. The van der Waals surface area contributed by atoms with Crippen molar-refractivity contribution >= 4 is 163 Å². The van der Waals surface area contributed by atoms with Crippen LogP contribution in [-0.4, -0.2) is 27.4 Å². The number of para-hydroxylation sites is 4. The number of rotatable bonds is 11. The van der Waals surface area contributed by atoms with E-state index in [-0.39, 0.29) is 0 Å². The maximum Gasteiger partial charge on any atom is 0.0562 e. The Morgan fingerprint density at radius 2 is 0.333 bits per heavy atom. The van der Waals surface area contributed by atoms with Gasteiger partial charge in [0, 0.05) is 98.2 Å². The molecule has 0 fully saturated rings. The topological polar surface area (TPSA) is 29.6 Å². The third kappa shape index (κ3) is 11.9. The van der Waals surface area contributed by atoms with Crippen LogP contribution in [-0.2, 0) is 0 Å². The standard InChI is InChI=1S/C64H41N3.C62H39N3/c1-3-14-42(15-4-1)44-26-32-49(33-27-44)65-59-23-11-9-22-53(59)56-40-57-55-39-48(30-36-61(55)66(64(57)41-63(56)65)50-34-28-45(29-35-50)43-16-5-2-6-17-43)47-31-37-62-54(38-47)52-21-10-12-24-60(52)67(62)58-25-13-19-46-18-7-8-20-51(46)58;1-2-13-40(14-3-1)42-25-30-47(31-26-42)63-59-33-28-46(45-29-34-60-52(36-45)50-20-9-11-23-58(50)65(60)56-24-12-18-43-16-6-7-19-49(43)56)37-53(59)55-38-54-51-21-8-10-22-57(51)64(61(54)39-62(55)63)48-32-27-41-15-4-5-17-44(41)35-48/h1-41H;1-39H. The van der Waals surface area contributed by atoms with Gasteiger partial charge in [-0.05, 0) is 235 Å². The molecule has 0 aliphatic heterocycles. The van der Waals surface area contributed by atoms with E-state index in [4.69, 9.17) is 0 Å². The van der Waals surface area contributed by atoms with Crippen LogP contribution in [0, 0.1) is 0 Å². The number of aromatic nitrogens is 6. The Morgan fingerprint density at radius 3 is 0.697 bits per heavy atom. The van der Waals surface area contributed by atoms with Crippen molar-refractivity contribution in [3.05, 3.63) is 485 Å². The highest BCUT2D eigenvalue weighted by atomic mass is 15.0. The summed E-state index contributed by atoms with van der Waals surface area (Å²) in [7, 11) is 0. The number of benzene rings is 22. The monoisotopic (exact) mass is 1680 g/mol. The van der Waals surface area contributed by atoms with Crippen LogP contribution in [0.15, 0.2) is 485 Å². The smallest absolute Gasteiger partial charge is 0.0562 e. The minimum absolute atomic E-state index is 1.13. The second kappa shape index (κ2) is 30.0. The van der Waals surface area contributed by atoms with Crippen molar-refractivity contribution < 1.29 is 0 Å². The molecule has 6 heterocycles. The molecule has 0 aliphatic carbocycles. The molecular weight excluding hydrogens is 1600 g/mol. The van der Waals surface area contributed by atoms with Crippen molar-refractivity contribution in [3.63, 3.8) is 0 Å². The molecule has 6 heteroatoms. The molecule has 0 radical (unpaired) electrons. The van der Waals surface area contributed by atoms with Crippen molar-refractivity contribution in [3.8, 4) is 89.8 Å². The lowest BCUT2D eigenvalue weighted by Gasteiger charge is -2.12. The molecule has 0 bridgehead atoms. The van der Waals surface area contributed by atoms with Crippen molar-refractivity contribution in [2.45, 2.75) is 0 Å². The second-order valence-corrected chi connectivity index (χ2v) is 35.0. The summed E-state index contributed by atoms with van der Waals surface area (Å²) in [6.07, 6.45) is 0. The van der Waals surface area contributed by atoms with Crippen LogP contribution >= 0.6 is 0 Å². The quantitative estimate of drug-likeness (QED) is 0.124. The number of fused-ring (bicyclic) bond motifs is 21. The fourth-order valence-electron chi connectivity index (χ4n) is 21.7. The third-order valence-electron chi connectivity index (χ3n) is 27.8. The molecule has 28 rings (SSSR count). The number of hydrogen-bond acceptors (Lipinski definition) is 0. The Morgan fingerprint density at radius 1 is 0.0985 bits per heavy atom. The van der Waals surface area contributed by atoms with E-state index in [9.17, 15) is 0 Å². The highest BCUT2D eigenvalue weighted by Gasteiger charge is 2.25. The molecular formula is C126H80N6. The van der Waals surface area contributed by atoms with Crippen molar-refractivity contribution in [2.24, 2.45) is 0 Å². The summed E-state index contributed by atoms with van der Waals surface area (Å²) in [6, 6.07) is 178. The van der Waals surface area contributed by atoms with Crippen molar-refractivity contribution in [1.82, 2.24) is 27.4 Å². The summed E-state index contributed by atoms with van der Waals surface area (Å²) >= 11 is 0. The summed E-state index contributed by atoms with van der Waals surface area (Å²) < 4.78 is 14.7. The second-order valence-electron chi connectivity index (χ2n) is 35.0. The zero-order valence-electron chi connectivity index (χ0n) is 71.9. The summed E-state index contributed by atoms with van der Waals surface area (Å²) in [6.45, 7) is 0. The Kier molecular flexibility index (Phi) is 17.0. The van der Waals surface area contributed by atoms with Crippen LogP contribution in [0.25, 0.3) is 253 Å². The first-order valence-electron chi connectivity index (χ1n) is 45.5. The lowest BCUT2D eigenvalue weighted by molar-refractivity contribution is 1.16. The van der Waals surface area contributed by atoms with Gasteiger partial charge < -0.3 is 27.4 Å². The third-order valence-corrected chi connectivity index (χ3v) is 27.8. The maximum absolute atomic E-state index is 2.46. The van der Waals surface area contributed by atoms with E-state index in [2.05, 4.69) is 513 Å². The van der Waals surface area contributed by atoms with Gasteiger partial charge in [0.1, 0.15) is 0 Å². The fraction of sp³-hybridized carbons (Fsp3) is 0. The molecule has 614 valence electrons. The highest BCUT2D eigenvalue weighted by molar-refractivity contribution is 6.23. The molecule has 0 atom stereocenters. The summed E-state index contributed by atoms with van der Waals surface area (Å²) in [5.74, 6) is 0. The van der Waals surface area contributed by atoms with Crippen LogP contribution in [0.1, 0.15) is 0 Å². The molecule has 6 nitrogen and oxygen atoms in total. The Balaban J connectivity index is 0.000000135. The van der Waals surface area contributed by atoms with Crippen LogP contribution in [0.5, 0.6) is 0 Å². The maximum atomic E-state index is 2.46. The van der Waals surface area contributed by atoms with Gasteiger partial charge in [-0.2, -0.15) is 0 Å². The van der Waals surface area contributed by atoms with Gasteiger partial charge in [0.25, 0.3) is 0 Å². The normalized spacial score (nSPS) is 11.9. The lowest BCUT2D eigenvalue weighted by atomic mass is 10.00. The van der Waals surface area contributed by atoms with E-state index in [1.165, 1.54) is 230 Å². The summed E-state index contributed by atoms with van der Waals surface area (Å²) in [5.41, 5.74) is 33.2. The first kappa shape index (κ1) is 74.6. The molecule has 0 N–H and O–H groups in total. The van der Waals surface area contributed by atoms with Crippen molar-refractivity contribution in [1.29, 1.82) is 0 Å². The Bertz CT molecular complexity index is 9540. The molecule has 0 spiro atoms. The van der Waals surface area contributed by atoms with Gasteiger partial charge in [0.05, 0.1) is 77.6 Å². The lowest BCUT2D eigenvalue weighted by Crippen LogP contribution is -1.96. The van der Waals surface area contributed by atoms with Crippen LogP contribution in [0.4, 0.5) is 0 Å². The molecule has 0 saturated heterocycles. The molecule has 0 saturated carbocycles. The SMILES string of the molecule is c1ccc(-c2ccc(-n3c4ccc(-c5ccc6c(c5)c5ccccc5n6-c5cccc6ccccc56)cc4c4cc5c6ccccc6n(-c6ccc7ccccc7c6)c5cc43)cc2)cc1.c1ccc(-c2ccc(-n3c4ccccc4c4cc5c6cc(-c7ccc8c(c7)c7ccccc7n8-c7cccc8ccccc78)ccc6n(-c6ccc(-c7ccccc7)cc6)c5cc43)cc2)cc1. The van der Waals surface area contributed by atoms with Gasteiger partial charge in [-0.15, -0.1) is 0 Å². The van der Waals surface area contributed by atoms with E-state index in [1.807, 2.05) is 0 Å². The van der Waals surface area contributed by atoms with Gasteiger partial charge in [0.15, 0.2) is 0 Å². The molecule has 22 aromatic carbocycles. The predicted octanol–water partition coefficient (Wildman–Crippen LogP) is 33.8. The molecule has 0 unspecified atom stereocenters. The first-order chi connectivity index (χ1) is 65.5. The number of hydrogen-bond donors (Lipinski definition) is 0. The van der Waals surface area contributed by atoms with Gasteiger partial charge in [-0.25, -0.2) is 0 Å². The highest BCUT2D eigenvalue weighted by Crippen LogP contribution is 2.48. The number of nitrogens with zero attached hydrogens (tertiary/aromatic N) is 6. The Hall–Kier alpha value is -17.6. The molecule has 0 aliphatic rings. The van der Waals surface area contributed by atoms with Gasteiger partial charge >= 0.3 is 0 Å². The molecule has 0 amide bonds. The van der Waals surface area contributed by atoms with Gasteiger partial charge in [-0.3, -0.25) is 0 Å². The van der Waals surface area contributed by atoms with E-state index in [0.717, 1.165) is 22.7 Å². The Labute approximate surface area is 760 Å². The summed E-state index contributed by atoms with van der Waals surface area (Å²) in [4.78, 5) is 0. The van der Waals surface area contributed by atoms with Gasteiger partial charge in [-0.1, -0.05) is 328 Å². The minimum Gasteiger partial charge on any atom is -0.309 e. The van der Waals surface area contributed by atoms with E-state index >= 15 is 0 Å². The average molecular weight is 1680 g/mol. The first-order valence-corrected chi connectivity index (χ1v) is 45.5. The van der Waals surface area contributed by atoms with Gasteiger partial charge in [0.2, 0.25) is 0 Å². The van der Waals surface area contributed by atoms with E-state index in [1.54, 1.807) is 0 Å². The zero-order chi connectivity index (χ0) is 86.6.